The molecule has 0 aromatic heterocycles. The maximum atomic E-state index is 12.6. The third-order valence-electron chi connectivity index (χ3n) is 4.40. The van der Waals surface area contributed by atoms with E-state index in [0.717, 1.165) is 17.5 Å². The van der Waals surface area contributed by atoms with Crippen molar-refractivity contribution >= 4 is 11.6 Å². The fraction of sp³-hybridized carbons (Fsp3) is 0.562. The second-order valence-electron chi connectivity index (χ2n) is 6.34. The molecule has 1 N–H and O–H groups in total. The highest BCUT2D eigenvalue weighted by Crippen LogP contribution is 2.33. The summed E-state index contributed by atoms with van der Waals surface area (Å²) in [5, 5.41) is 2.84. The van der Waals surface area contributed by atoms with Crippen molar-refractivity contribution in [1.82, 2.24) is 4.90 Å². The number of alkyl halides is 3. The van der Waals surface area contributed by atoms with E-state index in [0.29, 0.717) is 18.7 Å². The minimum Gasteiger partial charge on any atom is -0.365 e. The Morgan fingerprint density at radius 2 is 2.17 bits per heavy atom. The highest BCUT2D eigenvalue weighted by Gasteiger charge is 2.39. The summed E-state index contributed by atoms with van der Waals surface area (Å²) in [5.74, 6) is -0.238. The molecular formula is C16H19F3N2O2. The summed E-state index contributed by atoms with van der Waals surface area (Å²) in [6.07, 6.45) is -2.75. The molecule has 23 heavy (non-hydrogen) atoms. The summed E-state index contributed by atoms with van der Waals surface area (Å²) in [4.78, 5) is 13.7. The van der Waals surface area contributed by atoms with E-state index in [1.54, 1.807) is 25.1 Å². The number of carbonyl (C=O) groups excluding carboxylic acids is 1. The van der Waals surface area contributed by atoms with E-state index in [4.69, 9.17) is 4.74 Å². The van der Waals surface area contributed by atoms with Gasteiger partial charge in [-0.05, 0) is 37.0 Å². The number of fused-ring (bicyclic) bond motifs is 1. The van der Waals surface area contributed by atoms with Gasteiger partial charge in [-0.2, -0.15) is 13.2 Å². The number of benzene rings is 1. The van der Waals surface area contributed by atoms with Crippen molar-refractivity contribution in [2.24, 2.45) is 0 Å². The molecule has 1 aromatic carbocycles. The Morgan fingerprint density at radius 3 is 2.83 bits per heavy atom. The van der Waals surface area contributed by atoms with Gasteiger partial charge in [-0.1, -0.05) is 12.1 Å². The summed E-state index contributed by atoms with van der Waals surface area (Å²) in [5.41, 5.74) is 1.30. The van der Waals surface area contributed by atoms with Gasteiger partial charge < -0.3 is 10.1 Å². The minimum absolute atomic E-state index is 0.183. The summed E-state index contributed by atoms with van der Waals surface area (Å²) < 4.78 is 43.2. The first-order chi connectivity index (χ1) is 10.8. The quantitative estimate of drug-likeness (QED) is 0.927. The van der Waals surface area contributed by atoms with Crippen LogP contribution in [0.4, 0.5) is 18.9 Å². The Morgan fingerprint density at radius 1 is 1.39 bits per heavy atom. The Bertz CT molecular complexity index is 610. The van der Waals surface area contributed by atoms with Crippen molar-refractivity contribution < 1.29 is 22.7 Å². The van der Waals surface area contributed by atoms with Gasteiger partial charge in [-0.15, -0.1) is 0 Å². The lowest BCUT2D eigenvalue weighted by Gasteiger charge is -2.23. The molecular weight excluding hydrogens is 309 g/mol. The summed E-state index contributed by atoms with van der Waals surface area (Å²) in [7, 11) is 0. The third-order valence-corrected chi connectivity index (χ3v) is 4.40. The first kappa shape index (κ1) is 16.3. The molecule has 1 saturated heterocycles. The molecule has 2 heterocycles. The van der Waals surface area contributed by atoms with E-state index < -0.39 is 18.3 Å². The first-order valence-corrected chi connectivity index (χ1v) is 7.62. The molecule has 0 radical (unpaired) electrons. The van der Waals surface area contributed by atoms with Gasteiger partial charge in [0, 0.05) is 25.4 Å². The number of nitrogens with zero attached hydrogens (tertiary/aromatic N) is 1. The number of halogens is 3. The molecule has 1 fully saturated rings. The zero-order valence-electron chi connectivity index (χ0n) is 12.9. The Hall–Kier alpha value is -1.60. The van der Waals surface area contributed by atoms with Crippen LogP contribution in [-0.4, -0.2) is 35.7 Å². The third kappa shape index (κ3) is 3.50. The molecule has 1 aromatic rings. The lowest BCUT2D eigenvalue weighted by Crippen LogP contribution is -2.39. The number of rotatable bonds is 3. The smallest absolute Gasteiger partial charge is 0.365 e. The van der Waals surface area contributed by atoms with Crippen LogP contribution >= 0.6 is 0 Å². The molecule has 1 unspecified atom stereocenters. The number of hydrogen-bond donors (Lipinski definition) is 1. The molecule has 3 rings (SSSR count). The van der Waals surface area contributed by atoms with Gasteiger partial charge in [0.25, 0.3) is 5.91 Å². The van der Waals surface area contributed by atoms with E-state index in [-0.39, 0.29) is 19.0 Å². The van der Waals surface area contributed by atoms with E-state index >= 15 is 0 Å². The molecule has 4 nitrogen and oxygen atoms in total. The van der Waals surface area contributed by atoms with E-state index in [2.05, 4.69) is 5.32 Å². The van der Waals surface area contributed by atoms with Crippen molar-refractivity contribution in [2.45, 2.75) is 44.6 Å². The average Bonchev–Trinajstić information content (AvgIpc) is 3.04. The molecule has 0 saturated carbocycles. The Balaban J connectivity index is 1.74. The maximum Gasteiger partial charge on any atom is 0.401 e. The van der Waals surface area contributed by atoms with Crippen LogP contribution < -0.4 is 5.32 Å². The van der Waals surface area contributed by atoms with Crippen molar-refractivity contribution in [1.29, 1.82) is 0 Å². The number of carbonyl (C=O) groups is 1. The lowest BCUT2D eigenvalue weighted by atomic mass is 10.0. The molecule has 7 heteroatoms. The standard InChI is InChI=1S/C16H19F3N2O2/c1-15(6-3-7-23-15)14(22)20-13-5-2-4-11-8-21(9-12(11)13)10-16(17,18)19/h2,4-5H,3,6-10H2,1H3,(H,20,22). The second-order valence-corrected chi connectivity index (χ2v) is 6.34. The van der Waals surface area contributed by atoms with Crippen LogP contribution in [-0.2, 0) is 22.6 Å². The van der Waals surface area contributed by atoms with Crippen LogP contribution in [0, 0.1) is 0 Å². The zero-order valence-corrected chi connectivity index (χ0v) is 12.9. The molecule has 0 bridgehead atoms. The van der Waals surface area contributed by atoms with Gasteiger partial charge in [0.2, 0.25) is 0 Å². The van der Waals surface area contributed by atoms with Crippen LogP contribution in [0.5, 0.6) is 0 Å². The fourth-order valence-electron chi connectivity index (χ4n) is 3.19. The number of anilines is 1. The largest absolute Gasteiger partial charge is 0.401 e. The molecule has 2 aliphatic rings. The predicted molar refractivity (Wildman–Crippen MR) is 78.8 cm³/mol. The van der Waals surface area contributed by atoms with E-state index in [1.165, 1.54) is 4.90 Å². The van der Waals surface area contributed by atoms with Gasteiger partial charge in [0.1, 0.15) is 5.60 Å². The first-order valence-electron chi connectivity index (χ1n) is 7.62. The zero-order chi connectivity index (χ0) is 16.7. The molecule has 0 spiro atoms. The van der Waals surface area contributed by atoms with Crippen LogP contribution in [0.15, 0.2) is 18.2 Å². The molecule has 1 amide bonds. The maximum absolute atomic E-state index is 12.6. The molecule has 0 aliphatic carbocycles. The Kier molecular flexibility index (Phi) is 4.10. The summed E-state index contributed by atoms with van der Waals surface area (Å²) in [6, 6.07) is 5.28. The fourth-order valence-corrected chi connectivity index (χ4v) is 3.19. The number of ether oxygens (including phenoxy) is 1. The highest BCUT2D eigenvalue weighted by atomic mass is 19.4. The highest BCUT2D eigenvalue weighted by molar-refractivity contribution is 5.98. The number of hydrogen-bond acceptors (Lipinski definition) is 3. The van der Waals surface area contributed by atoms with Crippen LogP contribution in [0.25, 0.3) is 0 Å². The van der Waals surface area contributed by atoms with Gasteiger partial charge in [0.15, 0.2) is 0 Å². The van der Waals surface area contributed by atoms with Crippen LogP contribution in [0.2, 0.25) is 0 Å². The topological polar surface area (TPSA) is 41.6 Å². The average molecular weight is 328 g/mol. The van der Waals surface area contributed by atoms with Crippen molar-refractivity contribution in [3.63, 3.8) is 0 Å². The number of nitrogens with one attached hydrogen (secondary N) is 1. The molecule has 1 atom stereocenters. The van der Waals surface area contributed by atoms with Gasteiger partial charge in [-0.3, -0.25) is 9.69 Å². The lowest BCUT2D eigenvalue weighted by molar-refractivity contribution is -0.147. The number of amides is 1. The summed E-state index contributed by atoms with van der Waals surface area (Å²) in [6.45, 7) is 1.77. The van der Waals surface area contributed by atoms with E-state index in [1.807, 2.05) is 0 Å². The minimum atomic E-state index is -4.23. The van der Waals surface area contributed by atoms with Crippen molar-refractivity contribution in [2.75, 3.05) is 18.5 Å². The van der Waals surface area contributed by atoms with E-state index in [9.17, 15) is 18.0 Å². The normalized spacial score (nSPS) is 24.7. The SMILES string of the molecule is CC1(C(=O)Nc2cccc3c2CN(CC(F)(F)F)C3)CCCO1. The molecule has 2 aliphatic heterocycles. The van der Waals surface area contributed by atoms with Crippen molar-refractivity contribution in [3.8, 4) is 0 Å². The Labute approximate surface area is 132 Å². The monoisotopic (exact) mass is 328 g/mol. The predicted octanol–water partition coefficient (Wildman–Crippen LogP) is 3.07. The molecule has 126 valence electrons. The summed E-state index contributed by atoms with van der Waals surface area (Å²) >= 11 is 0. The van der Waals surface area contributed by atoms with Gasteiger partial charge in [-0.25, -0.2) is 0 Å². The van der Waals surface area contributed by atoms with Crippen molar-refractivity contribution in [3.05, 3.63) is 29.3 Å². The second kappa shape index (κ2) is 5.79. The van der Waals surface area contributed by atoms with Gasteiger partial charge >= 0.3 is 6.18 Å². The van der Waals surface area contributed by atoms with Crippen LogP contribution in [0.1, 0.15) is 30.9 Å². The van der Waals surface area contributed by atoms with Crippen LogP contribution in [0.3, 0.4) is 0 Å². The van der Waals surface area contributed by atoms with Gasteiger partial charge in [0.05, 0.1) is 6.54 Å².